The third kappa shape index (κ3) is 2.31. The second kappa shape index (κ2) is 4.96. The second-order valence-corrected chi connectivity index (χ2v) is 5.59. The van der Waals surface area contributed by atoms with Gasteiger partial charge in [-0.25, -0.2) is 0 Å². The highest BCUT2D eigenvalue weighted by Gasteiger charge is 2.41. The minimum atomic E-state index is -0.641. The molecule has 0 amide bonds. The smallest absolute Gasteiger partial charge is 0.278 e. The zero-order valence-electron chi connectivity index (χ0n) is 11.8. The van der Waals surface area contributed by atoms with E-state index in [1.807, 2.05) is 11.8 Å². The van der Waals surface area contributed by atoms with Crippen molar-refractivity contribution in [1.29, 1.82) is 0 Å². The summed E-state index contributed by atoms with van der Waals surface area (Å²) in [5.41, 5.74) is 0.880. The molecule has 2 heterocycles. The number of β-amino-alcohol motifs (C(OH)–C–C–N with tert-alkyl or cyclic N) is 1. The number of aromatic nitrogens is 1. The van der Waals surface area contributed by atoms with E-state index in [1.54, 1.807) is 24.4 Å². The number of nitrogens with zero attached hydrogens (tertiary/aromatic N) is 3. The summed E-state index contributed by atoms with van der Waals surface area (Å²) in [6, 6.07) is 6.64. The van der Waals surface area contributed by atoms with Gasteiger partial charge in [-0.1, -0.05) is 13.3 Å². The molecule has 1 aliphatic rings. The van der Waals surface area contributed by atoms with Gasteiger partial charge in [-0.2, -0.15) is 0 Å². The first-order chi connectivity index (χ1) is 10.0. The number of nitro benzene ring substituents is 1. The standard InChI is InChI=1S/C15H17N3O3/c1-2-7-15(19)9-17(10-15)13-6-5-12(18(20)21)11-4-3-8-16-14(11)13/h3-6,8,19H,2,7,9-10H2,1H3. The van der Waals surface area contributed by atoms with Gasteiger partial charge in [-0.15, -0.1) is 0 Å². The fraction of sp³-hybridized carbons (Fsp3) is 0.400. The maximum atomic E-state index is 11.1. The summed E-state index contributed by atoms with van der Waals surface area (Å²) in [5.74, 6) is 0. The number of benzene rings is 1. The molecule has 0 radical (unpaired) electrons. The van der Waals surface area contributed by atoms with Crippen LogP contribution in [0.1, 0.15) is 19.8 Å². The summed E-state index contributed by atoms with van der Waals surface area (Å²) in [7, 11) is 0. The predicted octanol–water partition coefficient (Wildman–Crippen LogP) is 2.49. The van der Waals surface area contributed by atoms with Gasteiger partial charge in [0.05, 0.1) is 21.6 Å². The average molecular weight is 287 g/mol. The second-order valence-electron chi connectivity index (χ2n) is 5.59. The summed E-state index contributed by atoms with van der Waals surface area (Å²) in [4.78, 5) is 17.0. The van der Waals surface area contributed by atoms with Crippen molar-refractivity contribution >= 4 is 22.3 Å². The Morgan fingerprint density at radius 3 is 2.86 bits per heavy atom. The molecule has 0 atom stereocenters. The van der Waals surface area contributed by atoms with Crippen LogP contribution in [0.2, 0.25) is 0 Å². The largest absolute Gasteiger partial charge is 0.386 e. The molecule has 0 bridgehead atoms. The lowest BCUT2D eigenvalue weighted by Gasteiger charge is -2.48. The normalized spacial score (nSPS) is 16.8. The number of pyridine rings is 1. The molecule has 3 rings (SSSR count). The van der Waals surface area contributed by atoms with Crippen molar-refractivity contribution in [1.82, 2.24) is 4.98 Å². The van der Waals surface area contributed by atoms with Gasteiger partial charge in [0.15, 0.2) is 0 Å². The number of nitro groups is 1. The summed E-state index contributed by atoms with van der Waals surface area (Å²) < 4.78 is 0. The summed E-state index contributed by atoms with van der Waals surface area (Å²) in [6.07, 6.45) is 3.33. The lowest BCUT2D eigenvalue weighted by atomic mass is 9.88. The van der Waals surface area contributed by atoms with Crippen LogP contribution in [0.15, 0.2) is 30.5 Å². The Balaban J connectivity index is 1.99. The molecule has 1 aliphatic heterocycles. The number of hydrogen-bond donors (Lipinski definition) is 1. The number of rotatable bonds is 4. The van der Waals surface area contributed by atoms with Crippen molar-refractivity contribution in [2.24, 2.45) is 0 Å². The molecule has 6 heteroatoms. The predicted molar refractivity (Wildman–Crippen MR) is 80.5 cm³/mol. The van der Waals surface area contributed by atoms with Gasteiger partial charge in [-0.3, -0.25) is 15.1 Å². The lowest BCUT2D eigenvalue weighted by Crippen LogP contribution is -2.62. The molecule has 21 heavy (non-hydrogen) atoms. The average Bonchev–Trinajstić information content (AvgIpc) is 2.43. The molecule has 0 aliphatic carbocycles. The van der Waals surface area contributed by atoms with E-state index in [1.165, 1.54) is 6.07 Å². The molecular formula is C15H17N3O3. The van der Waals surface area contributed by atoms with Gasteiger partial charge in [-0.05, 0) is 24.6 Å². The Kier molecular flexibility index (Phi) is 3.25. The Labute approximate surface area is 122 Å². The highest BCUT2D eigenvalue weighted by Crippen LogP contribution is 2.37. The van der Waals surface area contributed by atoms with Gasteiger partial charge in [0.1, 0.15) is 5.52 Å². The Hall–Kier alpha value is -2.21. The van der Waals surface area contributed by atoms with Gasteiger partial charge in [0.25, 0.3) is 5.69 Å². The van der Waals surface area contributed by atoms with Crippen LogP contribution < -0.4 is 4.90 Å². The molecule has 1 aromatic heterocycles. The summed E-state index contributed by atoms with van der Waals surface area (Å²) >= 11 is 0. The topological polar surface area (TPSA) is 79.5 Å². The number of non-ortho nitro benzene ring substituents is 1. The number of hydrogen-bond acceptors (Lipinski definition) is 5. The highest BCUT2D eigenvalue weighted by molar-refractivity contribution is 5.97. The van der Waals surface area contributed by atoms with Crippen LogP contribution in [0.4, 0.5) is 11.4 Å². The first kappa shape index (κ1) is 13.8. The van der Waals surface area contributed by atoms with E-state index in [-0.39, 0.29) is 5.69 Å². The SMILES string of the molecule is CCCC1(O)CN(c2ccc([N+](=O)[O-])c3cccnc23)C1. The minimum absolute atomic E-state index is 0.0613. The minimum Gasteiger partial charge on any atom is -0.386 e. The van der Waals surface area contributed by atoms with Crippen molar-refractivity contribution in [2.45, 2.75) is 25.4 Å². The van der Waals surface area contributed by atoms with Gasteiger partial charge in [0.2, 0.25) is 0 Å². The maximum Gasteiger partial charge on any atom is 0.278 e. The van der Waals surface area contributed by atoms with Crippen LogP contribution >= 0.6 is 0 Å². The molecule has 0 unspecified atom stereocenters. The van der Waals surface area contributed by atoms with E-state index in [0.29, 0.717) is 24.0 Å². The van der Waals surface area contributed by atoms with E-state index in [4.69, 9.17) is 0 Å². The molecule has 110 valence electrons. The van der Waals surface area contributed by atoms with E-state index in [2.05, 4.69) is 4.98 Å². The van der Waals surface area contributed by atoms with Crippen LogP contribution in [-0.2, 0) is 0 Å². The van der Waals surface area contributed by atoms with Gasteiger partial charge < -0.3 is 10.0 Å². The van der Waals surface area contributed by atoms with Crippen molar-refractivity contribution in [2.75, 3.05) is 18.0 Å². The van der Waals surface area contributed by atoms with E-state index >= 15 is 0 Å². The van der Waals surface area contributed by atoms with Crippen LogP contribution in [0, 0.1) is 10.1 Å². The molecule has 6 nitrogen and oxygen atoms in total. The fourth-order valence-corrected chi connectivity index (χ4v) is 3.02. The van der Waals surface area contributed by atoms with Crippen LogP contribution in [0.3, 0.4) is 0 Å². The van der Waals surface area contributed by atoms with Crippen LogP contribution in [0.25, 0.3) is 10.9 Å². The van der Waals surface area contributed by atoms with Crippen molar-refractivity contribution in [3.8, 4) is 0 Å². The highest BCUT2D eigenvalue weighted by atomic mass is 16.6. The Bertz CT molecular complexity index is 696. The maximum absolute atomic E-state index is 11.1. The van der Waals surface area contributed by atoms with E-state index in [9.17, 15) is 15.2 Å². The summed E-state index contributed by atoms with van der Waals surface area (Å²) in [6.45, 7) is 3.14. The zero-order chi connectivity index (χ0) is 15.0. The van der Waals surface area contributed by atoms with E-state index < -0.39 is 10.5 Å². The third-order valence-electron chi connectivity index (χ3n) is 3.95. The molecule has 1 fully saturated rings. The quantitative estimate of drug-likeness (QED) is 0.690. The van der Waals surface area contributed by atoms with Crippen molar-refractivity contribution < 1.29 is 10.0 Å². The van der Waals surface area contributed by atoms with Crippen molar-refractivity contribution in [3.63, 3.8) is 0 Å². The van der Waals surface area contributed by atoms with Gasteiger partial charge in [0, 0.05) is 25.4 Å². The Morgan fingerprint density at radius 2 is 2.19 bits per heavy atom. The monoisotopic (exact) mass is 287 g/mol. The van der Waals surface area contributed by atoms with Gasteiger partial charge >= 0.3 is 0 Å². The lowest BCUT2D eigenvalue weighted by molar-refractivity contribution is -0.383. The first-order valence-electron chi connectivity index (χ1n) is 7.03. The zero-order valence-corrected chi connectivity index (χ0v) is 11.8. The molecule has 2 aromatic rings. The molecule has 1 N–H and O–H groups in total. The van der Waals surface area contributed by atoms with Crippen LogP contribution in [-0.4, -0.2) is 33.7 Å². The van der Waals surface area contributed by atoms with Crippen LogP contribution in [0.5, 0.6) is 0 Å². The molecular weight excluding hydrogens is 270 g/mol. The Morgan fingerprint density at radius 1 is 1.43 bits per heavy atom. The molecule has 0 spiro atoms. The molecule has 1 aromatic carbocycles. The van der Waals surface area contributed by atoms with Crippen molar-refractivity contribution in [3.05, 3.63) is 40.6 Å². The number of aliphatic hydroxyl groups is 1. The van der Waals surface area contributed by atoms with E-state index in [0.717, 1.165) is 18.5 Å². The number of anilines is 1. The summed E-state index contributed by atoms with van der Waals surface area (Å²) in [5, 5.41) is 21.9. The molecule has 1 saturated heterocycles. The first-order valence-corrected chi connectivity index (χ1v) is 7.03. The fourth-order valence-electron chi connectivity index (χ4n) is 3.02. The third-order valence-corrected chi connectivity index (χ3v) is 3.95. The molecule has 0 saturated carbocycles. The number of fused-ring (bicyclic) bond motifs is 1.